The van der Waals surface area contributed by atoms with Gasteiger partial charge in [0.1, 0.15) is 0 Å². The molecule has 2 aromatic heterocycles. The number of hydrogen-bond acceptors (Lipinski definition) is 4. The van der Waals surface area contributed by atoms with Crippen molar-refractivity contribution in [1.29, 1.82) is 0 Å². The van der Waals surface area contributed by atoms with Gasteiger partial charge in [-0.15, -0.1) is 0 Å². The Bertz CT molecular complexity index is 3690. The maximum atomic E-state index is 5.31. The van der Waals surface area contributed by atoms with Gasteiger partial charge in [-0.2, -0.15) is 0 Å². The molecule has 4 nitrogen and oxygen atoms in total. The second-order valence-corrected chi connectivity index (χ2v) is 17.0. The van der Waals surface area contributed by atoms with E-state index in [1.807, 2.05) is 67.0 Å². The van der Waals surface area contributed by atoms with E-state index >= 15 is 0 Å². The highest BCUT2D eigenvalue weighted by Gasteiger charge is 2.35. The van der Waals surface area contributed by atoms with Crippen LogP contribution in [-0.2, 0) is 5.41 Å². The molecule has 12 rings (SSSR count). The number of fused-ring (bicyclic) bond motifs is 13. The first-order valence-electron chi connectivity index (χ1n) is 21.5. The average molecular weight is 805 g/mol. The van der Waals surface area contributed by atoms with Gasteiger partial charge in [0, 0.05) is 40.1 Å². The molecule has 9 aromatic carbocycles. The summed E-state index contributed by atoms with van der Waals surface area (Å²) in [6.45, 7) is 4.73. The topological polar surface area (TPSA) is 51.6 Å². The predicted octanol–water partition coefficient (Wildman–Crippen LogP) is 15.1. The summed E-state index contributed by atoms with van der Waals surface area (Å²) in [6, 6.07) is 69.7. The van der Waals surface area contributed by atoms with Gasteiger partial charge in [-0.3, -0.25) is 0 Å². The highest BCUT2D eigenvalue weighted by atomic mass is 14.9. The molecule has 11 aromatic rings. The van der Waals surface area contributed by atoms with E-state index in [4.69, 9.17) is 19.9 Å². The highest BCUT2D eigenvalue weighted by molar-refractivity contribution is 6.27. The Labute approximate surface area is 365 Å². The summed E-state index contributed by atoms with van der Waals surface area (Å²) >= 11 is 0. The Morgan fingerprint density at radius 3 is 1.37 bits per heavy atom. The van der Waals surface area contributed by atoms with Crippen molar-refractivity contribution in [1.82, 2.24) is 19.9 Å². The van der Waals surface area contributed by atoms with E-state index in [2.05, 4.69) is 153 Å². The minimum atomic E-state index is -0.175. The summed E-state index contributed by atoms with van der Waals surface area (Å²) in [7, 11) is 0. The molecule has 4 heteroatoms. The van der Waals surface area contributed by atoms with Crippen molar-refractivity contribution in [3.63, 3.8) is 0 Å². The van der Waals surface area contributed by atoms with E-state index in [0.29, 0.717) is 11.6 Å². The Balaban J connectivity index is 1.21. The second-order valence-electron chi connectivity index (χ2n) is 17.0. The number of rotatable bonds is 4. The minimum Gasteiger partial charge on any atom is -0.236 e. The summed E-state index contributed by atoms with van der Waals surface area (Å²) in [4.78, 5) is 20.2. The zero-order valence-corrected chi connectivity index (χ0v) is 34.9. The van der Waals surface area contributed by atoms with Crippen LogP contribution in [0.15, 0.2) is 207 Å². The first kappa shape index (κ1) is 36.7. The Morgan fingerprint density at radius 2 is 0.762 bits per heavy atom. The number of benzene rings is 8. The van der Waals surface area contributed by atoms with E-state index in [9.17, 15) is 0 Å². The summed E-state index contributed by atoms with van der Waals surface area (Å²) in [6.07, 6.45) is 3.73. The van der Waals surface area contributed by atoms with Crippen molar-refractivity contribution in [2.45, 2.75) is 19.3 Å². The molecule has 0 saturated heterocycles. The van der Waals surface area contributed by atoms with Gasteiger partial charge >= 0.3 is 0 Å². The molecule has 0 amide bonds. The molecule has 0 saturated carbocycles. The molecule has 2 heterocycles. The van der Waals surface area contributed by atoms with Crippen molar-refractivity contribution in [3.05, 3.63) is 218 Å². The van der Waals surface area contributed by atoms with Crippen LogP contribution < -0.4 is 0 Å². The molecule has 296 valence electrons. The predicted molar refractivity (Wildman–Crippen MR) is 262 cm³/mol. The number of hydrogen-bond donors (Lipinski definition) is 0. The van der Waals surface area contributed by atoms with E-state index in [0.717, 1.165) is 44.4 Å². The van der Waals surface area contributed by atoms with E-state index in [1.54, 1.807) is 0 Å². The summed E-state index contributed by atoms with van der Waals surface area (Å²) in [5.41, 5.74) is 10.4. The lowest BCUT2D eigenvalue weighted by Crippen LogP contribution is -2.14. The third-order valence-electron chi connectivity index (χ3n) is 13.0. The Morgan fingerprint density at radius 1 is 0.302 bits per heavy atom. The molecule has 0 bridgehead atoms. The van der Waals surface area contributed by atoms with Crippen LogP contribution in [0.1, 0.15) is 25.0 Å². The van der Waals surface area contributed by atoms with E-state index in [-0.39, 0.29) is 5.41 Å². The third kappa shape index (κ3) is 6.06. The van der Waals surface area contributed by atoms with Gasteiger partial charge in [-0.25, -0.2) is 19.9 Å². The molecule has 1 aliphatic rings. The summed E-state index contributed by atoms with van der Waals surface area (Å²) in [5.74, 6) is 1.30. The standard InChI is InChI=1S/C59H40N4/c1-59(2)53-28-16-15-27-48(53)52-32-50-49-31-39(58-62-55(37-17-5-3-6-18-37)34-56(63-58)40-35-60-57(61-36-40)38-19-7-4-8-20-38)29-30-47(49)45-25-12-11-23-43(45)41-21-9-10-22-42(41)44-24-13-14-26-46(44)51(50)33-54(52)59/h3-36H,1-2H3. The third-order valence-corrected chi connectivity index (χ3v) is 13.0. The molecule has 0 aliphatic heterocycles. The second kappa shape index (κ2) is 14.5. The minimum absolute atomic E-state index is 0.175. The van der Waals surface area contributed by atoms with Crippen LogP contribution in [0, 0.1) is 0 Å². The first-order valence-corrected chi connectivity index (χ1v) is 21.5. The maximum Gasteiger partial charge on any atom is 0.160 e. The van der Waals surface area contributed by atoms with Gasteiger partial charge in [-0.1, -0.05) is 184 Å². The average Bonchev–Trinajstić information content (AvgIpc) is 3.58. The normalized spacial score (nSPS) is 12.7. The smallest absolute Gasteiger partial charge is 0.160 e. The molecule has 0 N–H and O–H groups in total. The van der Waals surface area contributed by atoms with Crippen molar-refractivity contribution in [2.24, 2.45) is 0 Å². The van der Waals surface area contributed by atoms with Crippen LogP contribution in [0.2, 0.25) is 0 Å². The van der Waals surface area contributed by atoms with Crippen molar-refractivity contribution in [3.8, 4) is 56.4 Å². The molecule has 0 unspecified atom stereocenters. The SMILES string of the molecule is CC1(C)c2ccccc2-c2cc3c4cc(-c5nc(-c6ccccc6)cc(-c6cnc(-c7ccccc7)nc6)n5)ccc4c4ccccc4c4ccccc4c4ccccc4c3cc21. The van der Waals surface area contributed by atoms with Crippen LogP contribution in [-0.4, -0.2) is 19.9 Å². The fraction of sp³-hybridized carbons (Fsp3) is 0.0508. The molecule has 1 aliphatic carbocycles. The van der Waals surface area contributed by atoms with Crippen molar-refractivity contribution in [2.75, 3.05) is 0 Å². The molecular weight excluding hydrogens is 765 g/mol. The van der Waals surface area contributed by atoms with Crippen molar-refractivity contribution >= 4 is 53.9 Å². The monoisotopic (exact) mass is 804 g/mol. The van der Waals surface area contributed by atoms with E-state index in [1.165, 1.54) is 65.3 Å². The molecular formula is C59H40N4. The highest BCUT2D eigenvalue weighted by Crippen LogP contribution is 2.51. The van der Waals surface area contributed by atoms with Gasteiger partial charge in [0.25, 0.3) is 0 Å². The molecule has 0 spiro atoms. The molecule has 63 heavy (non-hydrogen) atoms. The lowest BCUT2D eigenvalue weighted by molar-refractivity contribution is 0.661. The van der Waals surface area contributed by atoms with Crippen LogP contribution in [0.5, 0.6) is 0 Å². The number of nitrogens with zero attached hydrogens (tertiary/aromatic N) is 4. The van der Waals surface area contributed by atoms with Gasteiger partial charge in [-0.05, 0) is 100 Å². The van der Waals surface area contributed by atoms with Crippen LogP contribution >= 0.6 is 0 Å². The lowest BCUT2D eigenvalue weighted by Gasteiger charge is -2.22. The van der Waals surface area contributed by atoms with Gasteiger partial charge in [0.15, 0.2) is 11.6 Å². The van der Waals surface area contributed by atoms with Crippen LogP contribution in [0.3, 0.4) is 0 Å². The molecule has 0 fully saturated rings. The van der Waals surface area contributed by atoms with E-state index < -0.39 is 0 Å². The zero-order chi connectivity index (χ0) is 42.1. The van der Waals surface area contributed by atoms with Crippen molar-refractivity contribution < 1.29 is 0 Å². The van der Waals surface area contributed by atoms with Crippen LogP contribution in [0.4, 0.5) is 0 Å². The first-order chi connectivity index (χ1) is 31.0. The van der Waals surface area contributed by atoms with Gasteiger partial charge in [0.2, 0.25) is 0 Å². The molecule has 0 atom stereocenters. The quantitative estimate of drug-likeness (QED) is 0.178. The van der Waals surface area contributed by atoms with Gasteiger partial charge in [0.05, 0.1) is 11.4 Å². The molecule has 0 radical (unpaired) electrons. The fourth-order valence-electron chi connectivity index (χ4n) is 9.87. The van der Waals surface area contributed by atoms with Gasteiger partial charge < -0.3 is 0 Å². The summed E-state index contributed by atoms with van der Waals surface area (Å²) < 4.78 is 0. The largest absolute Gasteiger partial charge is 0.236 e. The zero-order valence-electron chi connectivity index (χ0n) is 34.9. The fourth-order valence-corrected chi connectivity index (χ4v) is 9.87. The maximum absolute atomic E-state index is 5.31. The summed E-state index contributed by atoms with van der Waals surface area (Å²) in [5, 5.41) is 11.8. The lowest BCUT2D eigenvalue weighted by atomic mass is 9.81. The Kier molecular flexibility index (Phi) is 8.48. The van der Waals surface area contributed by atoms with Crippen LogP contribution in [0.25, 0.3) is 110 Å². The number of aromatic nitrogens is 4. The Hall–Kier alpha value is -8.08.